The molecule has 0 heterocycles. The summed E-state index contributed by atoms with van der Waals surface area (Å²) in [5.74, 6) is -0.503. The molecule has 0 spiro atoms. The molecule has 1 amide bonds. The van der Waals surface area contributed by atoms with E-state index in [-0.39, 0.29) is 22.7 Å². The molecule has 1 atom stereocenters. The van der Waals surface area contributed by atoms with Gasteiger partial charge >= 0.3 is 5.97 Å². The van der Waals surface area contributed by atoms with E-state index < -0.39 is 22.9 Å². The minimum Gasteiger partial charge on any atom is -0.495 e. The molecular formula is C18H18N2O7. The molecule has 0 aliphatic carbocycles. The van der Waals surface area contributed by atoms with Gasteiger partial charge in [-0.3, -0.25) is 14.9 Å². The van der Waals surface area contributed by atoms with Crippen LogP contribution in [0.15, 0.2) is 42.5 Å². The van der Waals surface area contributed by atoms with Crippen LogP contribution in [-0.4, -0.2) is 37.1 Å². The van der Waals surface area contributed by atoms with Crippen LogP contribution >= 0.6 is 0 Å². The van der Waals surface area contributed by atoms with E-state index in [1.54, 1.807) is 18.2 Å². The van der Waals surface area contributed by atoms with E-state index in [0.29, 0.717) is 5.75 Å². The predicted octanol–water partition coefficient (Wildman–Crippen LogP) is 2.80. The first-order chi connectivity index (χ1) is 12.8. The summed E-state index contributed by atoms with van der Waals surface area (Å²) in [5, 5.41) is 13.5. The van der Waals surface area contributed by atoms with Crippen LogP contribution < -0.4 is 14.8 Å². The number of hydrogen-bond acceptors (Lipinski definition) is 7. The second kappa shape index (κ2) is 8.65. The van der Waals surface area contributed by atoms with Crippen molar-refractivity contribution in [2.75, 3.05) is 19.5 Å². The highest BCUT2D eigenvalue weighted by Gasteiger charge is 2.19. The molecule has 2 aromatic rings. The summed E-state index contributed by atoms with van der Waals surface area (Å²) in [7, 11) is 2.65. The number of benzene rings is 2. The first-order valence-corrected chi connectivity index (χ1v) is 7.84. The van der Waals surface area contributed by atoms with Crippen molar-refractivity contribution in [3.8, 4) is 11.5 Å². The topological polar surface area (TPSA) is 117 Å². The maximum absolute atomic E-state index is 12.4. The average Bonchev–Trinajstić information content (AvgIpc) is 2.67. The maximum Gasteiger partial charge on any atom is 0.337 e. The molecule has 0 bridgehead atoms. The van der Waals surface area contributed by atoms with Gasteiger partial charge in [0, 0.05) is 12.1 Å². The molecule has 1 N–H and O–H groups in total. The average molecular weight is 374 g/mol. The molecule has 2 rings (SSSR count). The molecular weight excluding hydrogens is 356 g/mol. The zero-order chi connectivity index (χ0) is 20.0. The number of hydrogen-bond donors (Lipinski definition) is 1. The zero-order valence-electron chi connectivity index (χ0n) is 14.9. The van der Waals surface area contributed by atoms with Crippen LogP contribution in [0.5, 0.6) is 11.5 Å². The van der Waals surface area contributed by atoms with Gasteiger partial charge in [0.05, 0.1) is 30.4 Å². The third kappa shape index (κ3) is 4.94. The normalized spacial score (nSPS) is 11.2. The summed E-state index contributed by atoms with van der Waals surface area (Å²) in [4.78, 5) is 34.3. The quantitative estimate of drug-likeness (QED) is 0.450. The summed E-state index contributed by atoms with van der Waals surface area (Å²) in [6.07, 6.45) is -0.943. The number of nitrogens with one attached hydrogen (secondary N) is 1. The fourth-order valence-electron chi connectivity index (χ4n) is 2.21. The van der Waals surface area contributed by atoms with Gasteiger partial charge in [-0.2, -0.15) is 0 Å². The minimum absolute atomic E-state index is 0.149. The third-order valence-electron chi connectivity index (χ3n) is 3.59. The fourth-order valence-corrected chi connectivity index (χ4v) is 2.21. The van der Waals surface area contributed by atoms with Gasteiger partial charge in [-0.15, -0.1) is 0 Å². The molecule has 2 aromatic carbocycles. The van der Waals surface area contributed by atoms with Crippen molar-refractivity contribution in [1.82, 2.24) is 0 Å². The Bertz CT molecular complexity index is 867. The molecule has 142 valence electrons. The molecule has 0 aliphatic heterocycles. The second-order valence-electron chi connectivity index (χ2n) is 5.41. The summed E-state index contributed by atoms with van der Waals surface area (Å²) in [5.41, 5.74) is 0.240. The SMILES string of the molecule is COC(=O)c1cccc(O[C@H](C)C(=O)Nc2cc([N+](=O)[O-])ccc2OC)c1. The van der Waals surface area contributed by atoms with E-state index >= 15 is 0 Å². The second-order valence-corrected chi connectivity index (χ2v) is 5.41. The number of nitro groups is 1. The Morgan fingerprint density at radius 1 is 1.15 bits per heavy atom. The molecule has 0 saturated heterocycles. The highest BCUT2D eigenvalue weighted by Crippen LogP contribution is 2.29. The van der Waals surface area contributed by atoms with Crippen LogP contribution in [0.3, 0.4) is 0 Å². The number of anilines is 1. The number of nitrogens with zero attached hydrogens (tertiary/aromatic N) is 1. The molecule has 0 aliphatic rings. The number of ether oxygens (including phenoxy) is 3. The number of esters is 1. The first kappa shape index (κ1) is 19.7. The lowest BCUT2D eigenvalue weighted by Crippen LogP contribution is -2.30. The predicted molar refractivity (Wildman–Crippen MR) is 96.1 cm³/mol. The van der Waals surface area contributed by atoms with Gasteiger partial charge in [0.1, 0.15) is 11.5 Å². The summed E-state index contributed by atoms with van der Waals surface area (Å²) in [6.45, 7) is 1.50. The molecule has 27 heavy (non-hydrogen) atoms. The lowest BCUT2D eigenvalue weighted by molar-refractivity contribution is -0.384. The van der Waals surface area contributed by atoms with Crippen molar-refractivity contribution < 1.29 is 28.7 Å². The summed E-state index contributed by atoms with van der Waals surface area (Å²) in [6, 6.07) is 10.0. The van der Waals surface area contributed by atoms with Gasteiger partial charge in [-0.25, -0.2) is 4.79 Å². The van der Waals surface area contributed by atoms with E-state index in [2.05, 4.69) is 10.1 Å². The number of non-ortho nitro benzene ring substituents is 1. The van der Waals surface area contributed by atoms with Crippen molar-refractivity contribution in [1.29, 1.82) is 0 Å². The maximum atomic E-state index is 12.4. The standard InChI is InChI=1S/C18H18N2O7/c1-11(27-14-6-4-5-12(9-14)18(22)26-3)17(21)19-15-10-13(20(23)24)7-8-16(15)25-2/h4-11H,1-3H3,(H,19,21)/t11-/m1/s1. The van der Waals surface area contributed by atoms with Gasteiger partial charge in [0.15, 0.2) is 6.10 Å². The van der Waals surface area contributed by atoms with Gasteiger partial charge in [-0.1, -0.05) is 6.07 Å². The number of nitro benzene ring substituents is 1. The molecule has 0 fully saturated rings. The number of carbonyl (C=O) groups excluding carboxylic acids is 2. The molecule has 9 nitrogen and oxygen atoms in total. The van der Waals surface area contributed by atoms with Crippen molar-refractivity contribution in [2.45, 2.75) is 13.0 Å². The lowest BCUT2D eigenvalue weighted by atomic mass is 10.2. The molecule has 0 aromatic heterocycles. The van der Waals surface area contributed by atoms with Crippen molar-refractivity contribution >= 4 is 23.3 Å². The van der Waals surface area contributed by atoms with E-state index in [4.69, 9.17) is 9.47 Å². The highest BCUT2D eigenvalue weighted by molar-refractivity contribution is 5.96. The molecule has 0 unspecified atom stereocenters. The Balaban J connectivity index is 2.13. The number of amides is 1. The summed E-state index contributed by atoms with van der Waals surface area (Å²) >= 11 is 0. The Morgan fingerprint density at radius 2 is 1.89 bits per heavy atom. The van der Waals surface area contributed by atoms with E-state index in [0.717, 1.165) is 0 Å². The Hall–Kier alpha value is -3.62. The van der Waals surface area contributed by atoms with Crippen molar-refractivity contribution in [2.24, 2.45) is 0 Å². The molecule has 9 heteroatoms. The molecule has 0 radical (unpaired) electrons. The van der Waals surface area contributed by atoms with Crippen molar-refractivity contribution in [3.63, 3.8) is 0 Å². The van der Waals surface area contributed by atoms with Crippen LogP contribution in [0.25, 0.3) is 0 Å². The smallest absolute Gasteiger partial charge is 0.337 e. The van der Waals surface area contributed by atoms with Gasteiger partial charge in [0.25, 0.3) is 11.6 Å². The fraction of sp³-hybridized carbons (Fsp3) is 0.222. The van der Waals surface area contributed by atoms with Crippen molar-refractivity contribution in [3.05, 3.63) is 58.1 Å². The number of carbonyl (C=O) groups is 2. The number of methoxy groups -OCH3 is 2. The van der Waals surface area contributed by atoms with Crippen LogP contribution in [-0.2, 0) is 9.53 Å². The number of rotatable bonds is 7. The zero-order valence-corrected chi connectivity index (χ0v) is 14.9. The first-order valence-electron chi connectivity index (χ1n) is 7.84. The lowest BCUT2D eigenvalue weighted by Gasteiger charge is -2.16. The van der Waals surface area contributed by atoms with E-state index in [1.807, 2.05) is 0 Å². The van der Waals surface area contributed by atoms with E-state index in [9.17, 15) is 19.7 Å². The van der Waals surface area contributed by atoms with Crippen LogP contribution in [0, 0.1) is 10.1 Å². The third-order valence-corrected chi connectivity index (χ3v) is 3.59. The van der Waals surface area contributed by atoms with Gasteiger partial charge < -0.3 is 19.5 Å². The minimum atomic E-state index is -0.943. The largest absolute Gasteiger partial charge is 0.495 e. The highest BCUT2D eigenvalue weighted by atomic mass is 16.6. The van der Waals surface area contributed by atoms with Gasteiger partial charge in [0.2, 0.25) is 0 Å². The Morgan fingerprint density at radius 3 is 2.52 bits per heavy atom. The molecule has 0 saturated carbocycles. The van der Waals surface area contributed by atoms with Crippen LogP contribution in [0.1, 0.15) is 17.3 Å². The van der Waals surface area contributed by atoms with Crippen LogP contribution in [0.2, 0.25) is 0 Å². The van der Waals surface area contributed by atoms with E-state index in [1.165, 1.54) is 45.4 Å². The van der Waals surface area contributed by atoms with Gasteiger partial charge in [-0.05, 0) is 31.2 Å². The monoisotopic (exact) mass is 374 g/mol. The Labute approximate surface area is 155 Å². The van der Waals surface area contributed by atoms with Crippen LogP contribution in [0.4, 0.5) is 11.4 Å². The Kier molecular flexibility index (Phi) is 6.32. The summed E-state index contributed by atoms with van der Waals surface area (Å²) < 4.78 is 15.3.